The van der Waals surface area contributed by atoms with Crippen LogP contribution in [0.1, 0.15) is 19.3 Å². The third-order valence-corrected chi connectivity index (χ3v) is 4.30. The van der Waals surface area contributed by atoms with Gasteiger partial charge in [-0.25, -0.2) is 4.39 Å². The maximum Gasteiger partial charge on any atom is 0.308 e. The van der Waals surface area contributed by atoms with Crippen molar-refractivity contribution in [1.82, 2.24) is 4.90 Å². The van der Waals surface area contributed by atoms with Gasteiger partial charge in [0, 0.05) is 18.2 Å². The van der Waals surface area contributed by atoms with E-state index in [1.807, 2.05) is 0 Å². The SMILES string of the molecule is O=C(O)C1CC2CCC1N2C(=O)COc1cccc(F)c1. The molecule has 0 aromatic heterocycles. The fourth-order valence-electron chi connectivity index (χ4n) is 3.42. The Hall–Kier alpha value is -2.11. The summed E-state index contributed by atoms with van der Waals surface area (Å²) >= 11 is 0. The highest BCUT2D eigenvalue weighted by atomic mass is 19.1. The fourth-order valence-corrected chi connectivity index (χ4v) is 3.42. The Morgan fingerprint density at radius 3 is 2.86 bits per heavy atom. The van der Waals surface area contributed by atoms with Crippen LogP contribution in [-0.2, 0) is 9.59 Å². The summed E-state index contributed by atoms with van der Waals surface area (Å²) in [5.41, 5.74) is 0. The number of aliphatic carboxylic acids is 1. The molecule has 0 spiro atoms. The Balaban J connectivity index is 1.63. The summed E-state index contributed by atoms with van der Waals surface area (Å²) in [6.07, 6.45) is 2.10. The first-order valence-electron chi connectivity index (χ1n) is 6.98. The van der Waals surface area contributed by atoms with Crippen LogP contribution in [-0.4, -0.2) is 40.6 Å². The minimum atomic E-state index is -0.842. The molecular weight excluding hydrogens is 277 g/mol. The van der Waals surface area contributed by atoms with Crippen molar-refractivity contribution < 1.29 is 23.8 Å². The molecule has 6 heteroatoms. The highest BCUT2D eigenvalue weighted by Gasteiger charge is 2.51. The van der Waals surface area contributed by atoms with E-state index in [0.29, 0.717) is 12.2 Å². The third kappa shape index (κ3) is 2.57. The monoisotopic (exact) mass is 293 g/mol. The van der Waals surface area contributed by atoms with E-state index in [9.17, 15) is 14.0 Å². The number of nitrogens with zero attached hydrogens (tertiary/aromatic N) is 1. The zero-order chi connectivity index (χ0) is 15.0. The summed E-state index contributed by atoms with van der Waals surface area (Å²) in [6, 6.07) is 5.37. The van der Waals surface area contributed by atoms with E-state index in [4.69, 9.17) is 9.84 Å². The molecule has 5 nitrogen and oxygen atoms in total. The van der Waals surface area contributed by atoms with Crippen LogP contribution in [0, 0.1) is 11.7 Å². The highest BCUT2D eigenvalue weighted by molar-refractivity contribution is 5.81. The van der Waals surface area contributed by atoms with Gasteiger partial charge >= 0.3 is 5.97 Å². The number of carbonyl (C=O) groups is 2. The molecule has 1 aromatic rings. The number of halogens is 1. The second-order valence-electron chi connectivity index (χ2n) is 5.53. The van der Waals surface area contributed by atoms with E-state index in [1.165, 1.54) is 18.2 Å². The van der Waals surface area contributed by atoms with Gasteiger partial charge < -0.3 is 14.7 Å². The van der Waals surface area contributed by atoms with Crippen molar-refractivity contribution in [2.75, 3.05) is 6.61 Å². The van der Waals surface area contributed by atoms with Crippen molar-refractivity contribution in [1.29, 1.82) is 0 Å². The fraction of sp³-hybridized carbons (Fsp3) is 0.467. The highest BCUT2D eigenvalue weighted by Crippen LogP contribution is 2.41. The summed E-state index contributed by atoms with van der Waals surface area (Å²) in [4.78, 5) is 25.1. The smallest absolute Gasteiger partial charge is 0.308 e. The first kappa shape index (κ1) is 13.9. The minimum Gasteiger partial charge on any atom is -0.484 e. The van der Waals surface area contributed by atoms with Gasteiger partial charge in [0.05, 0.1) is 5.92 Å². The maximum absolute atomic E-state index is 13.0. The Kier molecular flexibility index (Phi) is 3.53. The number of benzene rings is 1. The van der Waals surface area contributed by atoms with Crippen LogP contribution < -0.4 is 4.74 Å². The van der Waals surface area contributed by atoms with Crippen molar-refractivity contribution in [3.63, 3.8) is 0 Å². The number of carboxylic acid groups (broad SMARTS) is 1. The van der Waals surface area contributed by atoms with Gasteiger partial charge in [-0.05, 0) is 31.4 Å². The number of ether oxygens (including phenoxy) is 1. The van der Waals surface area contributed by atoms with Crippen LogP contribution in [0.2, 0.25) is 0 Å². The van der Waals surface area contributed by atoms with Crippen LogP contribution in [0.5, 0.6) is 5.75 Å². The Morgan fingerprint density at radius 2 is 2.19 bits per heavy atom. The van der Waals surface area contributed by atoms with E-state index < -0.39 is 17.7 Å². The second kappa shape index (κ2) is 5.35. The molecule has 3 unspecified atom stereocenters. The average Bonchev–Trinajstić information content (AvgIpc) is 3.02. The lowest BCUT2D eigenvalue weighted by atomic mass is 9.89. The molecule has 0 saturated carbocycles. The third-order valence-electron chi connectivity index (χ3n) is 4.30. The van der Waals surface area contributed by atoms with Crippen molar-refractivity contribution in [3.05, 3.63) is 30.1 Å². The molecule has 1 amide bonds. The molecule has 0 aliphatic carbocycles. The van der Waals surface area contributed by atoms with E-state index in [0.717, 1.165) is 12.8 Å². The molecule has 3 rings (SSSR count). The number of hydrogen-bond acceptors (Lipinski definition) is 3. The quantitative estimate of drug-likeness (QED) is 0.917. The normalized spacial score (nSPS) is 26.9. The van der Waals surface area contributed by atoms with Crippen molar-refractivity contribution in [2.45, 2.75) is 31.3 Å². The second-order valence-corrected chi connectivity index (χ2v) is 5.53. The predicted octanol–water partition coefficient (Wildman–Crippen LogP) is 1.67. The zero-order valence-electron chi connectivity index (χ0n) is 11.4. The van der Waals surface area contributed by atoms with Crippen LogP contribution in [0.3, 0.4) is 0 Å². The van der Waals surface area contributed by atoms with Crippen molar-refractivity contribution in [3.8, 4) is 5.75 Å². The molecular formula is C15H16FNO4. The summed E-state index contributed by atoms with van der Waals surface area (Å²) in [5, 5.41) is 9.16. The topological polar surface area (TPSA) is 66.8 Å². The molecule has 1 N–H and O–H groups in total. The number of rotatable bonds is 4. The molecule has 2 aliphatic heterocycles. The Bertz CT molecular complexity index is 577. The summed E-state index contributed by atoms with van der Waals surface area (Å²) < 4.78 is 18.3. The van der Waals surface area contributed by atoms with Gasteiger partial charge in [0.1, 0.15) is 11.6 Å². The number of carbonyl (C=O) groups excluding carboxylic acids is 1. The van der Waals surface area contributed by atoms with Gasteiger partial charge in [-0.3, -0.25) is 9.59 Å². The Labute approximate surface area is 121 Å². The molecule has 2 aliphatic rings. The van der Waals surface area contributed by atoms with Gasteiger partial charge in [0.2, 0.25) is 0 Å². The van der Waals surface area contributed by atoms with Gasteiger partial charge in [-0.15, -0.1) is 0 Å². The zero-order valence-corrected chi connectivity index (χ0v) is 11.4. The average molecular weight is 293 g/mol. The van der Waals surface area contributed by atoms with Crippen molar-refractivity contribution >= 4 is 11.9 Å². The van der Waals surface area contributed by atoms with Gasteiger partial charge in [0.15, 0.2) is 6.61 Å². The van der Waals surface area contributed by atoms with Crippen LogP contribution in [0.4, 0.5) is 4.39 Å². The maximum atomic E-state index is 13.0. The Morgan fingerprint density at radius 1 is 1.38 bits per heavy atom. The standard InChI is InChI=1S/C15H16FNO4/c16-9-2-1-3-11(6-9)21-8-14(18)17-10-4-5-13(17)12(7-10)15(19)20/h1-3,6,10,12-13H,4-5,7-8H2,(H,19,20). The minimum absolute atomic E-state index is 0.000269. The lowest BCUT2D eigenvalue weighted by Gasteiger charge is -2.23. The molecule has 1 aromatic carbocycles. The van der Waals surface area contributed by atoms with Crippen LogP contribution >= 0.6 is 0 Å². The van der Waals surface area contributed by atoms with Crippen LogP contribution in [0.25, 0.3) is 0 Å². The van der Waals surface area contributed by atoms with E-state index in [1.54, 1.807) is 11.0 Å². The lowest BCUT2D eigenvalue weighted by Crippen LogP contribution is -2.40. The van der Waals surface area contributed by atoms with Gasteiger partial charge in [0.25, 0.3) is 5.91 Å². The molecule has 112 valence electrons. The molecule has 3 atom stereocenters. The van der Waals surface area contributed by atoms with E-state index in [-0.39, 0.29) is 24.6 Å². The first-order chi connectivity index (χ1) is 10.1. The number of fused-ring (bicyclic) bond motifs is 2. The summed E-state index contributed by atoms with van der Waals surface area (Å²) in [7, 11) is 0. The molecule has 21 heavy (non-hydrogen) atoms. The number of hydrogen-bond donors (Lipinski definition) is 1. The largest absolute Gasteiger partial charge is 0.484 e. The molecule has 2 bridgehead atoms. The molecule has 2 fully saturated rings. The number of amides is 1. The summed E-state index contributed by atoms with van der Waals surface area (Å²) in [6.45, 7) is -0.192. The summed E-state index contributed by atoms with van der Waals surface area (Å²) in [5.74, 6) is -1.67. The lowest BCUT2D eigenvalue weighted by molar-refractivity contribution is -0.143. The van der Waals surface area contributed by atoms with Crippen LogP contribution in [0.15, 0.2) is 24.3 Å². The molecule has 0 radical (unpaired) electrons. The van der Waals surface area contributed by atoms with E-state index in [2.05, 4.69) is 0 Å². The first-order valence-corrected chi connectivity index (χ1v) is 6.98. The van der Waals surface area contributed by atoms with Gasteiger partial charge in [-0.2, -0.15) is 0 Å². The molecule has 2 heterocycles. The van der Waals surface area contributed by atoms with Gasteiger partial charge in [-0.1, -0.05) is 6.07 Å². The van der Waals surface area contributed by atoms with E-state index >= 15 is 0 Å². The number of carboxylic acids is 1. The molecule has 2 saturated heterocycles. The predicted molar refractivity (Wildman–Crippen MR) is 71.3 cm³/mol. The van der Waals surface area contributed by atoms with Crippen molar-refractivity contribution in [2.24, 2.45) is 5.92 Å².